The Balaban J connectivity index is 1.91. The molecule has 0 saturated carbocycles. The number of aromatic nitrogens is 2. The van der Waals surface area contributed by atoms with Crippen molar-refractivity contribution in [2.75, 3.05) is 7.11 Å². The molecule has 7 heteroatoms. The summed E-state index contributed by atoms with van der Waals surface area (Å²) in [6.07, 6.45) is 0.267. The molecule has 1 atom stereocenters. The fourth-order valence-corrected chi connectivity index (χ4v) is 3.06. The first-order chi connectivity index (χ1) is 11.6. The number of nitrogens with zero attached hydrogens (tertiary/aromatic N) is 2. The standard InChI is InChI=1S/C17H14N2O4S/c1-23-17(22)12-4-2-3-10(7-12)8-13(16(20)21)11-5-6-14-15(9-11)19-24-18-14/h2-7,9,13H,8H2,1H3,(H,20,21). The lowest BCUT2D eigenvalue weighted by atomic mass is 9.91. The number of rotatable bonds is 5. The van der Waals surface area contributed by atoms with Crippen LogP contribution >= 0.6 is 11.7 Å². The quantitative estimate of drug-likeness (QED) is 0.717. The van der Waals surface area contributed by atoms with Gasteiger partial charge in [0.25, 0.3) is 0 Å². The summed E-state index contributed by atoms with van der Waals surface area (Å²) in [5, 5.41) is 9.61. The van der Waals surface area contributed by atoms with Crippen molar-refractivity contribution in [3.05, 3.63) is 59.2 Å². The fourth-order valence-electron chi connectivity index (χ4n) is 2.54. The van der Waals surface area contributed by atoms with Gasteiger partial charge >= 0.3 is 11.9 Å². The average Bonchev–Trinajstić information content (AvgIpc) is 3.06. The van der Waals surface area contributed by atoms with Crippen LogP contribution in [0.25, 0.3) is 11.0 Å². The van der Waals surface area contributed by atoms with Crippen molar-refractivity contribution in [3.8, 4) is 0 Å². The highest BCUT2D eigenvalue weighted by Crippen LogP contribution is 2.25. The number of hydrogen-bond donors (Lipinski definition) is 1. The zero-order chi connectivity index (χ0) is 17.1. The zero-order valence-electron chi connectivity index (χ0n) is 12.8. The summed E-state index contributed by atoms with van der Waals surface area (Å²) in [6, 6.07) is 12.1. The second-order valence-electron chi connectivity index (χ2n) is 5.30. The Bertz CT molecular complexity index is 906. The van der Waals surface area contributed by atoms with Gasteiger partial charge in [0.15, 0.2) is 0 Å². The smallest absolute Gasteiger partial charge is 0.337 e. The van der Waals surface area contributed by atoms with Gasteiger partial charge in [-0.2, -0.15) is 8.75 Å². The van der Waals surface area contributed by atoms with Crippen molar-refractivity contribution in [1.82, 2.24) is 8.75 Å². The lowest BCUT2D eigenvalue weighted by Gasteiger charge is -2.13. The summed E-state index contributed by atoms with van der Waals surface area (Å²) < 4.78 is 13.0. The molecule has 1 unspecified atom stereocenters. The van der Waals surface area contributed by atoms with Crippen LogP contribution in [-0.4, -0.2) is 32.9 Å². The van der Waals surface area contributed by atoms with E-state index in [1.807, 2.05) is 0 Å². The molecule has 0 aliphatic heterocycles. The minimum absolute atomic E-state index is 0.267. The number of methoxy groups -OCH3 is 1. The van der Waals surface area contributed by atoms with Crippen molar-refractivity contribution < 1.29 is 19.4 Å². The van der Waals surface area contributed by atoms with Gasteiger partial charge in [0.2, 0.25) is 0 Å². The van der Waals surface area contributed by atoms with E-state index in [-0.39, 0.29) is 6.42 Å². The number of carboxylic acid groups (broad SMARTS) is 1. The maximum atomic E-state index is 11.7. The first-order valence-electron chi connectivity index (χ1n) is 7.21. The van der Waals surface area contributed by atoms with E-state index in [4.69, 9.17) is 4.74 Å². The summed E-state index contributed by atoms with van der Waals surface area (Å²) in [5.41, 5.74) is 3.25. The average molecular weight is 342 g/mol. The fraction of sp³-hybridized carbons (Fsp3) is 0.176. The Morgan fingerprint density at radius 1 is 1.17 bits per heavy atom. The van der Waals surface area contributed by atoms with Gasteiger partial charge in [-0.15, -0.1) is 0 Å². The number of carboxylic acids is 1. The van der Waals surface area contributed by atoms with Crippen molar-refractivity contribution in [2.24, 2.45) is 0 Å². The molecule has 1 aromatic heterocycles. The molecule has 6 nitrogen and oxygen atoms in total. The number of ether oxygens (including phenoxy) is 1. The number of aliphatic carboxylic acids is 1. The number of carbonyl (C=O) groups excluding carboxylic acids is 1. The van der Waals surface area contributed by atoms with Crippen molar-refractivity contribution >= 4 is 34.7 Å². The highest BCUT2D eigenvalue weighted by molar-refractivity contribution is 7.00. The second kappa shape index (κ2) is 6.76. The molecule has 0 aliphatic carbocycles. The van der Waals surface area contributed by atoms with E-state index in [0.29, 0.717) is 16.6 Å². The van der Waals surface area contributed by atoms with Gasteiger partial charge in [-0.25, -0.2) is 4.79 Å². The highest BCUT2D eigenvalue weighted by atomic mass is 32.1. The molecule has 2 aromatic carbocycles. The van der Waals surface area contributed by atoms with Crippen LogP contribution in [0.2, 0.25) is 0 Å². The van der Waals surface area contributed by atoms with Crippen LogP contribution in [-0.2, 0) is 16.0 Å². The Kier molecular flexibility index (Phi) is 4.52. The van der Waals surface area contributed by atoms with Gasteiger partial charge in [0.1, 0.15) is 11.0 Å². The van der Waals surface area contributed by atoms with Gasteiger partial charge in [-0.3, -0.25) is 4.79 Å². The second-order valence-corrected chi connectivity index (χ2v) is 5.83. The number of fused-ring (bicyclic) bond motifs is 1. The Morgan fingerprint density at radius 3 is 2.71 bits per heavy atom. The molecule has 0 aliphatic rings. The molecule has 122 valence electrons. The van der Waals surface area contributed by atoms with Crippen LogP contribution < -0.4 is 0 Å². The Morgan fingerprint density at radius 2 is 1.96 bits per heavy atom. The molecule has 1 N–H and O–H groups in total. The molecule has 3 aromatic rings. The van der Waals surface area contributed by atoms with Gasteiger partial charge in [0, 0.05) is 0 Å². The molecule has 0 amide bonds. The summed E-state index contributed by atoms with van der Waals surface area (Å²) in [5.74, 6) is -2.11. The lowest BCUT2D eigenvalue weighted by molar-refractivity contribution is -0.138. The van der Waals surface area contributed by atoms with E-state index in [9.17, 15) is 14.7 Å². The first-order valence-corrected chi connectivity index (χ1v) is 7.94. The molecule has 0 radical (unpaired) electrons. The van der Waals surface area contributed by atoms with Crippen LogP contribution in [0, 0.1) is 0 Å². The Hall–Kier alpha value is -2.80. The summed E-state index contributed by atoms with van der Waals surface area (Å²) in [7, 11) is 1.31. The maximum absolute atomic E-state index is 11.7. The van der Waals surface area contributed by atoms with Gasteiger partial charge < -0.3 is 9.84 Å². The van der Waals surface area contributed by atoms with Crippen molar-refractivity contribution in [1.29, 1.82) is 0 Å². The third-order valence-corrected chi connectivity index (χ3v) is 4.32. The number of esters is 1. The molecule has 1 heterocycles. The normalized spacial score (nSPS) is 12.0. The monoisotopic (exact) mass is 342 g/mol. The largest absolute Gasteiger partial charge is 0.481 e. The number of hydrogen-bond acceptors (Lipinski definition) is 6. The summed E-state index contributed by atoms with van der Waals surface area (Å²) in [6.45, 7) is 0. The molecule has 0 saturated heterocycles. The minimum atomic E-state index is -0.930. The van der Waals surface area contributed by atoms with Crippen molar-refractivity contribution in [2.45, 2.75) is 12.3 Å². The third-order valence-electron chi connectivity index (χ3n) is 3.77. The van der Waals surface area contributed by atoms with Gasteiger partial charge in [0.05, 0.1) is 30.3 Å². The minimum Gasteiger partial charge on any atom is -0.481 e. The van der Waals surface area contributed by atoms with E-state index < -0.39 is 17.9 Å². The molecule has 0 spiro atoms. The molecule has 0 fully saturated rings. The Labute approximate surface area is 142 Å². The topological polar surface area (TPSA) is 89.4 Å². The predicted octanol–water partition coefficient (Wildman–Crippen LogP) is 2.89. The molecular formula is C17H14N2O4S. The molecule has 24 heavy (non-hydrogen) atoms. The number of benzene rings is 2. The summed E-state index contributed by atoms with van der Waals surface area (Å²) in [4.78, 5) is 23.3. The molecular weight excluding hydrogens is 328 g/mol. The van der Waals surface area contributed by atoms with E-state index >= 15 is 0 Å². The highest BCUT2D eigenvalue weighted by Gasteiger charge is 2.21. The van der Waals surface area contributed by atoms with E-state index in [2.05, 4.69) is 8.75 Å². The first kappa shape index (κ1) is 16.1. The van der Waals surface area contributed by atoms with Crippen LogP contribution in [0.5, 0.6) is 0 Å². The van der Waals surface area contributed by atoms with E-state index in [1.165, 1.54) is 7.11 Å². The van der Waals surface area contributed by atoms with E-state index in [0.717, 1.165) is 22.8 Å². The van der Waals surface area contributed by atoms with Crippen molar-refractivity contribution in [3.63, 3.8) is 0 Å². The summed E-state index contributed by atoms with van der Waals surface area (Å²) >= 11 is 1.09. The van der Waals surface area contributed by atoms with E-state index in [1.54, 1.807) is 42.5 Å². The maximum Gasteiger partial charge on any atom is 0.337 e. The van der Waals surface area contributed by atoms with Crippen LogP contribution in [0.15, 0.2) is 42.5 Å². The van der Waals surface area contributed by atoms with Gasteiger partial charge in [-0.05, 0) is 41.8 Å². The van der Waals surface area contributed by atoms with Crippen LogP contribution in [0.4, 0.5) is 0 Å². The lowest BCUT2D eigenvalue weighted by Crippen LogP contribution is -2.15. The third kappa shape index (κ3) is 3.26. The predicted molar refractivity (Wildman–Crippen MR) is 89.3 cm³/mol. The van der Waals surface area contributed by atoms with Crippen LogP contribution in [0.3, 0.4) is 0 Å². The zero-order valence-corrected chi connectivity index (χ0v) is 13.6. The number of carbonyl (C=O) groups is 2. The molecule has 0 bridgehead atoms. The SMILES string of the molecule is COC(=O)c1cccc(CC(C(=O)O)c2ccc3nsnc3c2)c1. The van der Waals surface area contributed by atoms with Gasteiger partial charge in [-0.1, -0.05) is 18.2 Å². The van der Waals surface area contributed by atoms with Crippen LogP contribution in [0.1, 0.15) is 27.4 Å². The molecule has 3 rings (SSSR count).